The van der Waals surface area contributed by atoms with Gasteiger partial charge >= 0.3 is 0 Å². The SMILES string of the molecule is CCOc1ccc(C[C@@H]2NC(=O)[C@@H](N)CSSC[C@@H](C(=O)N3CCC[C@H]3C(=O)N[C@@H](C)C(=O)NCC(N)=O)NC(=O)[C@H](CC(N)=O)NC(=O)[C@H](CCC(N)=O)NC(=O)[C@H](Cc3ccccc3)NC2=O)cc1. The molecular formula is C45H62N12O12S2. The van der Waals surface area contributed by atoms with Crippen LogP contribution in [0.2, 0.25) is 0 Å². The highest BCUT2D eigenvalue weighted by Crippen LogP contribution is 2.26. The summed E-state index contributed by atoms with van der Waals surface area (Å²) >= 11 is 0. The highest BCUT2D eigenvalue weighted by atomic mass is 33.1. The lowest BCUT2D eigenvalue weighted by molar-refractivity contribution is -0.142. The molecule has 8 atom stereocenters. The summed E-state index contributed by atoms with van der Waals surface area (Å²) < 4.78 is 5.55. The normalized spacial score (nSPS) is 23.3. The molecule has 26 heteroatoms. The Hall–Kier alpha value is -6.93. The fourth-order valence-electron chi connectivity index (χ4n) is 7.42. The van der Waals surface area contributed by atoms with Crippen molar-refractivity contribution in [2.75, 3.05) is 31.2 Å². The van der Waals surface area contributed by atoms with Crippen LogP contribution in [0.3, 0.4) is 0 Å². The van der Waals surface area contributed by atoms with E-state index in [0.717, 1.165) is 21.6 Å². The Kier molecular flexibility index (Phi) is 22.4. The summed E-state index contributed by atoms with van der Waals surface area (Å²) in [4.78, 5) is 148. The number of carbonyl (C=O) groups excluding carboxylic acids is 11. The van der Waals surface area contributed by atoms with E-state index >= 15 is 0 Å². The zero-order valence-corrected chi connectivity index (χ0v) is 40.9. The van der Waals surface area contributed by atoms with Crippen molar-refractivity contribution in [2.45, 2.75) is 107 Å². The number of hydrogen-bond acceptors (Lipinski definition) is 15. The average molecular weight is 1030 g/mol. The van der Waals surface area contributed by atoms with Crippen molar-refractivity contribution in [1.82, 2.24) is 42.1 Å². The summed E-state index contributed by atoms with van der Waals surface area (Å²) in [5.41, 5.74) is 23.6. The number of nitrogens with one attached hydrogen (secondary N) is 7. The van der Waals surface area contributed by atoms with Crippen molar-refractivity contribution in [1.29, 1.82) is 0 Å². The number of amides is 11. The highest BCUT2D eigenvalue weighted by Gasteiger charge is 2.40. The lowest BCUT2D eigenvalue weighted by atomic mass is 10.0. The first-order valence-electron chi connectivity index (χ1n) is 22.8. The molecule has 0 saturated carbocycles. The molecule has 71 heavy (non-hydrogen) atoms. The lowest BCUT2D eigenvalue weighted by Crippen LogP contribution is -2.61. The second-order valence-corrected chi connectivity index (χ2v) is 19.3. The number of hydrogen-bond donors (Lipinski definition) is 11. The van der Waals surface area contributed by atoms with Crippen molar-refractivity contribution < 1.29 is 57.5 Å². The topological polar surface area (TPSA) is 389 Å². The predicted molar refractivity (Wildman–Crippen MR) is 261 cm³/mol. The van der Waals surface area contributed by atoms with E-state index in [-0.39, 0.29) is 37.3 Å². The summed E-state index contributed by atoms with van der Waals surface area (Å²) in [6, 6.07) is 4.31. The van der Waals surface area contributed by atoms with Gasteiger partial charge in [-0.25, -0.2) is 0 Å². The van der Waals surface area contributed by atoms with Crippen molar-refractivity contribution in [3.63, 3.8) is 0 Å². The molecule has 386 valence electrons. The van der Waals surface area contributed by atoms with E-state index in [1.54, 1.807) is 54.6 Å². The maximum atomic E-state index is 14.4. The number of nitrogens with two attached hydrogens (primary N) is 4. The van der Waals surface area contributed by atoms with Gasteiger partial charge in [0.2, 0.25) is 65.0 Å². The fourth-order valence-corrected chi connectivity index (χ4v) is 9.70. The second-order valence-electron chi connectivity index (χ2n) is 16.7. The van der Waals surface area contributed by atoms with Gasteiger partial charge in [-0.2, -0.15) is 0 Å². The van der Waals surface area contributed by atoms with Gasteiger partial charge in [0.1, 0.15) is 48.0 Å². The summed E-state index contributed by atoms with van der Waals surface area (Å²) in [7, 11) is 2.06. The van der Waals surface area contributed by atoms with Crippen LogP contribution in [-0.4, -0.2) is 149 Å². The van der Waals surface area contributed by atoms with Gasteiger partial charge in [0.15, 0.2) is 0 Å². The minimum atomic E-state index is -1.76. The third-order valence-corrected chi connectivity index (χ3v) is 13.6. The summed E-state index contributed by atoms with van der Waals surface area (Å²) in [6.45, 7) is 3.17. The zero-order valence-electron chi connectivity index (χ0n) is 39.3. The lowest BCUT2D eigenvalue weighted by Gasteiger charge is -2.30. The van der Waals surface area contributed by atoms with E-state index in [4.69, 9.17) is 27.7 Å². The van der Waals surface area contributed by atoms with Crippen molar-refractivity contribution in [3.8, 4) is 5.75 Å². The van der Waals surface area contributed by atoms with E-state index in [1.165, 1.54) is 11.8 Å². The van der Waals surface area contributed by atoms with E-state index in [9.17, 15) is 52.7 Å². The number of nitrogens with zero attached hydrogens (tertiary/aromatic N) is 1. The molecule has 0 bridgehead atoms. The fraction of sp³-hybridized carbons (Fsp3) is 0.489. The number of rotatable bonds is 17. The van der Waals surface area contributed by atoms with Gasteiger partial charge in [-0.3, -0.25) is 52.7 Å². The molecule has 0 spiro atoms. The van der Waals surface area contributed by atoms with Crippen LogP contribution < -0.4 is 64.9 Å². The second kappa shape index (κ2) is 28.1. The monoisotopic (exact) mass is 1030 g/mol. The van der Waals surface area contributed by atoms with Gasteiger partial charge in [-0.15, -0.1) is 0 Å². The minimum absolute atomic E-state index is 0.0494. The highest BCUT2D eigenvalue weighted by molar-refractivity contribution is 8.76. The molecule has 2 aromatic carbocycles. The van der Waals surface area contributed by atoms with Crippen LogP contribution in [0.25, 0.3) is 0 Å². The zero-order chi connectivity index (χ0) is 52.2. The Morgan fingerprint density at radius 1 is 0.718 bits per heavy atom. The molecule has 2 fully saturated rings. The van der Waals surface area contributed by atoms with E-state index in [2.05, 4.69) is 37.2 Å². The Bertz CT molecular complexity index is 2260. The van der Waals surface area contributed by atoms with E-state index in [0.29, 0.717) is 29.9 Å². The number of primary amides is 3. The molecule has 15 N–H and O–H groups in total. The first-order valence-corrected chi connectivity index (χ1v) is 25.3. The molecule has 0 aromatic heterocycles. The summed E-state index contributed by atoms with van der Waals surface area (Å²) in [6.07, 6.45) is -1.31. The van der Waals surface area contributed by atoms with Crippen molar-refractivity contribution >= 4 is 86.6 Å². The summed E-state index contributed by atoms with van der Waals surface area (Å²) in [5.74, 6) is -9.21. The predicted octanol–water partition coefficient (Wildman–Crippen LogP) is -3.75. The van der Waals surface area contributed by atoms with Gasteiger partial charge in [0.25, 0.3) is 0 Å². The molecule has 24 nitrogen and oxygen atoms in total. The van der Waals surface area contributed by atoms with Crippen LogP contribution in [0, 0.1) is 0 Å². The van der Waals surface area contributed by atoms with Crippen LogP contribution in [0.15, 0.2) is 54.6 Å². The number of carbonyl (C=O) groups is 11. The standard InChI is InChI=1S/C45H62N12O12S2/c1-3-69-27-13-11-26(12-14-27)19-30-42(65)54-31(18-25-8-5-4-6-9-25)41(64)52-29(15-16-35(47)58)40(63)55-32(20-36(48)59)43(66)56-33(23-71-70-22-28(46)39(62)53-30)45(68)57-17-7-10-34(57)44(67)51-24(2)38(61)50-21-37(49)60/h4-6,8-9,11-14,24,28-34H,3,7,10,15-23,46H2,1-2H3,(H2,47,58)(H2,48,59)(H2,49,60)(H,50,61)(H,51,67)(H,52,64)(H,53,62)(H,54,65)(H,55,63)(H,56,66)/t24-,28-,29-,30-,31-,32-,33-,34-/m0/s1. The Balaban J connectivity index is 1.71. The van der Waals surface area contributed by atoms with Crippen molar-refractivity contribution in [3.05, 3.63) is 65.7 Å². The molecule has 0 radical (unpaired) electrons. The molecule has 2 aliphatic rings. The third-order valence-electron chi connectivity index (χ3n) is 11.1. The Morgan fingerprint density at radius 2 is 1.28 bits per heavy atom. The van der Waals surface area contributed by atoms with E-state index in [1.807, 2.05) is 6.92 Å². The largest absolute Gasteiger partial charge is 0.494 e. The molecule has 2 aliphatic heterocycles. The Morgan fingerprint density at radius 3 is 1.89 bits per heavy atom. The van der Waals surface area contributed by atoms with E-state index < -0.39 is 139 Å². The van der Waals surface area contributed by atoms with Crippen LogP contribution in [-0.2, 0) is 65.6 Å². The smallest absolute Gasteiger partial charge is 0.246 e. The van der Waals surface area contributed by atoms with Gasteiger partial charge in [0.05, 0.1) is 25.6 Å². The average Bonchev–Trinajstić information content (AvgIpc) is 3.83. The van der Waals surface area contributed by atoms with Gasteiger partial charge in [-0.1, -0.05) is 64.1 Å². The molecule has 2 saturated heterocycles. The third kappa shape index (κ3) is 18.4. The minimum Gasteiger partial charge on any atom is -0.494 e. The van der Waals surface area contributed by atoms with Crippen molar-refractivity contribution in [2.24, 2.45) is 22.9 Å². The first-order chi connectivity index (χ1) is 33.8. The maximum absolute atomic E-state index is 14.4. The number of benzene rings is 2. The van der Waals surface area contributed by atoms with Crippen LogP contribution in [0.1, 0.15) is 57.1 Å². The molecule has 2 heterocycles. The Labute approximate surface area is 417 Å². The molecular weight excluding hydrogens is 965 g/mol. The maximum Gasteiger partial charge on any atom is 0.246 e. The van der Waals surface area contributed by atoms with Crippen LogP contribution in [0.5, 0.6) is 5.75 Å². The van der Waals surface area contributed by atoms with Crippen LogP contribution in [0.4, 0.5) is 0 Å². The van der Waals surface area contributed by atoms with Gasteiger partial charge < -0.3 is 69.8 Å². The molecule has 0 aliphatic carbocycles. The van der Waals surface area contributed by atoms with Gasteiger partial charge in [-0.05, 0) is 56.4 Å². The number of ether oxygens (including phenoxy) is 1. The van der Waals surface area contributed by atoms with Gasteiger partial charge in [0, 0.05) is 37.3 Å². The number of likely N-dealkylation sites (tertiary alicyclic amines) is 1. The molecule has 4 rings (SSSR count). The first kappa shape index (κ1) is 56.7. The quantitative estimate of drug-likeness (QED) is 0.0679. The summed E-state index contributed by atoms with van der Waals surface area (Å²) in [5, 5.41) is 17.7. The van der Waals surface area contributed by atoms with Crippen LogP contribution >= 0.6 is 21.6 Å². The molecule has 0 unspecified atom stereocenters. The molecule has 11 amide bonds. The molecule has 2 aromatic rings.